The Labute approximate surface area is 201 Å². The van der Waals surface area contributed by atoms with Gasteiger partial charge >= 0.3 is 0 Å². The van der Waals surface area contributed by atoms with Gasteiger partial charge in [0, 0.05) is 5.92 Å². The van der Waals surface area contributed by atoms with E-state index in [1.807, 2.05) is 0 Å². The van der Waals surface area contributed by atoms with E-state index in [2.05, 4.69) is 110 Å². The smallest absolute Gasteiger partial charge is 0.119 e. The predicted octanol–water partition coefficient (Wildman–Crippen LogP) is 8.10. The highest BCUT2D eigenvalue weighted by atomic mass is 16.5. The summed E-state index contributed by atoms with van der Waals surface area (Å²) in [6, 6.07) is 19.6. The van der Waals surface area contributed by atoms with Crippen molar-refractivity contribution in [3.05, 3.63) is 93.5 Å². The standard InChI is InChI=1S/C31H40O2/c1-20-25(16-23(32-9)18-27(20)30(3,4)5)29(22-14-12-11-13-15-22)26-17-24(33-10)19-28(21(26)2)31(6,7)8/h11-19,29H,1-10H3. The summed E-state index contributed by atoms with van der Waals surface area (Å²) in [5.41, 5.74) is 9.11. The fourth-order valence-electron chi connectivity index (χ4n) is 4.98. The Balaban J connectivity index is 2.43. The SMILES string of the molecule is COc1cc(C(c2ccccc2)c2cc(OC)cc(C(C)(C)C)c2C)c(C)c(C(C)(C)C)c1. The van der Waals surface area contributed by atoms with E-state index in [4.69, 9.17) is 9.47 Å². The number of methoxy groups -OCH3 is 2. The van der Waals surface area contributed by atoms with Gasteiger partial charge in [-0.2, -0.15) is 0 Å². The van der Waals surface area contributed by atoms with Crippen molar-refractivity contribution in [2.45, 2.75) is 72.1 Å². The lowest BCUT2D eigenvalue weighted by molar-refractivity contribution is 0.410. The molecule has 3 rings (SSSR count). The van der Waals surface area contributed by atoms with E-state index in [0.717, 1.165) is 11.5 Å². The average Bonchev–Trinajstić information content (AvgIpc) is 2.75. The summed E-state index contributed by atoms with van der Waals surface area (Å²) >= 11 is 0. The van der Waals surface area contributed by atoms with Crippen LogP contribution in [0.1, 0.15) is 86.4 Å². The normalized spacial score (nSPS) is 12.2. The Morgan fingerprint density at radius 1 is 0.606 bits per heavy atom. The maximum absolute atomic E-state index is 5.80. The third-order valence-corrected chi connectivity index (χ3v) is 6.69. The number of hydrogen-bond donors (Lipinski definition) is 0. The zero-order valence-electron chi connectivity index (χ0n) is 22.1. The van der Waals surface area contributed by atoms with E-state index in [1.54, 1.807) is 14.2 Å². The van der Waals surface area contributed by atoms with E-state index in [0.29, 0.717) is 0 Å². The molecule has 176 valence electrons. The highest BCUT2D eigenvalue weighted by molar-refractivity contribution is 5.57. The molecule has 0 aromatic heterocycles. The quantitative estimate of drug-likeness (QED) is 0.370. The molecule has 0 saturated carbocycles. The van der Waals surface area contributed by atoms with Crippen LogP contribution in [0.2, 0.25) is 0 Å². The molecule has 3 aromatic rings. The third-order valence-electron chi connectivity index (χ3n) is 6.69. The molecule has 0 aliphatic heterocycles. The largest absolute Gasteiger partial charge is 0.497 e. The molecule has 0 radical (unpaired) electrons. The summed E-state index contributed by atoms with van der Waals surface area (Å²) in [4.78, 5) is 0. The Hall–Kier alpha value is -2.74. The fourth-order valence-corrected chi connectivity index (χ4v) is 4.98. The lowest BCUT2D eigenvalue weighted by atomic mass is 9.74. The minimum Gasteiger partial charge on any atom is -0.497 e. The molecule has 0 spiro atoms. The second-order valence-electron chi connectivity index (χ2n) is 11.1. The number of ether oxygens (including phenoxy) is 2. The lowest BCUT2D eigenvalue weighted by Crippen LogP contribution is -2.19. The number of rotatable bonds is 5. The summed E-state index contributed by atoms with van der Waals surface area (Å²) in [5, 5.41) is 0. The molecule has 0 saturated heterocycles. The molecule has 33 heavy (non-hydrogen) atoms. The Kier molecular flexibility index (Phi) is 6.98. The number of hydrogen-bond acceptors (Lipinski definition) is 2. The molecule has 0 bridgehead atoms. The first kappa shape index (κ1) is 24.9. The molecule has 0 N–H and O–H groups in total. The summed E-state index contributed by atoms with van der Waals surface area (Å²) < 4.78 is 11.6. The second-order valence-corrected chi connectivity index (χ2v) is 11.1. The van der Waals surface area contributed by atoms with Crippen molar-refractivity contribution in [2.75, 3.05) is 14.2 Å². The van der Waals surface area contributed by atoms with Crippen LogP contribution in [0.25, 0.3) is 0 Å². The van der Waals surface area contributed by atoms with Crippen molar-refractivity contribution >= 4 is 0 Å². The van der Waals surface area contributed by atoms with Crippen molar-refractivity contribution < 1.29 is 9.47 Å². The van der Waals surface area contributed by atoms with Crippen LogP contribution in [-0.4, -0.2) is 14.2 Å². The van der Waals surface area contributed by atoms with E-state index in [1.165, 1.54) is 38.9 Å². The van der Waals surface area contributed by atoms with Gasteiger partial charge < -0.3 is 9.47 Å². The molecule has 0 aliphatic carbocycles. The summed E-state index contributed by atoms with van der Waals surface area (Å²) in [6.45, 7) is 18.1. The van der Waals surface area contributed by atoms with E-state index in [9.17, 15) is 0 Å². The van der Waals surface area contributed by atoms with Gasteiger partial charge in [0.15, 0.2) is 0 Å². The van der Waals surface area contributed by atoms with Gasteiger partial charge in [0.25, 0.3) is 0 Å². The van der Waals surface area contributed by atoms with Crippen LogP contribution in [0.4, 0.5) is 0 Å². The van der Waals surface area contributed by atoms with Gasteiger partial charge in [-0.05, 0) is 87.9 Å². The minimum atomic E-state index is 0.00854. The first-order chi connectivity index (χ1) is 15.4. The average molecular weight is 445 g/mol. The zero-order valence-corrected chi connectivity index (χ0v) is 22.1. The summed E-state index contributed by atoms with van der Waals surface area (Å²) in [5.74, 6) is 1.87. The molecule has 3 aromatic carbocycles. The molecule has 0 heterocycles. The Morgan fingerprint density at radius 2 is 1.00 bits per heavy atom. The molecule has 2 heteroatoms. The van der Waals surface area contributed by atoms with E-state index >= 15 is 0 Å². The van der Waals surface area contributed by atoms with Crippen LogP contribution in [0.3, 0.4) is 0 Å². The Morgan fingerprint density at radius 3 is 1.33 bits per heavy atom. The lowest BCUT2D eigenvalue weighted by Gasteiger charge is -2.31. The Bertz CT molecular complexity index is 1040. The maximum Gasteiger partial charge on any atom is 0.119 e. The van der Waals surface area contributed by atoms with Gasteiger partial charge in [-0.25, -0.2) is 0 Å². The van der Waals surface area contributed by atoms with E-state index < -0.39 is 0 Å². The van der Waals surface area contributed by atoms with Crippen LogP contribution in [0.5, 0.6) is 11.5 Å². The first-order valence-electron chi connectivity index (χ1n) is 11.8. The highest BCUT2D eigenvalue weighted by Gasteiger charge is 2.29. The van der Waals surface area contributed by atoms with Gasteiger partial charge in [-0.1, -0.05) is 71.9 Å². The van der Waals surface area contributed by atoms with Crippen molar-refractivity contribution in [1.82, 2.24) is 0 Å². The predicted molar refractivity (Wildman–Crippen MR) is 140 cm³/mol. The van der Waals surface area contributed by atoms with Crippen molar-refractivity contribution in [1.29, 1.82) is 0 Å². The van der Waals surface area contributed by atoms with Crippen molar-refractivity contribution in [2.24, 2.45) is 0 Å². The molecular weight excluding hydrogens is 404 g/mol. The van der Waals surface area contributed by atoms with Crippen LogP contribution in [-0.2, 0) is 10.8 Å². The summed E-state index contributed by atoms with van der Waals surface area (Å²) in [7, 11) is 3.51. The number of benzene rings is 3. The molecule has 0 amide bonds. The topological polar surface area (TPSA) is 18.5 Å². The maximum atomic E-state index is 5.80. The fraction of sp³-hybridized carbons (Fsp3) is 0.419. The van der Waals surface area contributed by atoms with Crippen LogP contribution >= 0.6 is 0 Å². The van der Waals surface area contributed by atoms with Gasteiger partial charge in [-0.15, -0.1) is 0 Å². The minimum absolute atomic E-state index is 0.00854. The zero-order chi connectivity index (χ0) is 24.6. The van der Waals surface area contributed by atoms with Crippen molar-refractivity contribution in [3.63, 3.8) is 0 Å². The molecule has 0 atom stereocenters. The van der Waals surface area contributed by atoms with Gasteiger partial charge in [-0.3, -0.25) is 0 Å². The molecular formula is C31H40O2. The molecule has 0 aliphatic rings. The third kappa shape index (κ3) is 5.11. The van der Waals surface area contributed by atoms with Gasteiger partial charge in [0.2, 0.25) is 0 Å². The van der Waals surface area contributed by atoms with Crippen LogP contribution in [0.15, 0.2) is 54.6 Å². The second kappa shape index (κ2) is 9.25. The highest BCUT2D eigenvalue weighted by Crippen LogP contribution is 2.43. The van der Waals surface area contributed by atoms with Crippen LogP contribution in [0, 0.1) is 13.8 Å². The first-order valence-corrected chi connectivity index (χ1v) is 11.8. The van der Waals surface area contributed by atoms with E-state index in [-0.39, 0.29) is 16.7 Å². The van der Waals surface area contributed by atoms with Gasteiger partial charge in [0.05, 0.1) is 14.2 Å². The molecule has 0 unspecified atom stereocenters. The van der Waals surface area contributed by atoms with Crippen molar-refractivity contribution in [3.8, 4) is 11.5 Å². The van der Waals surface area contributed by atoms with Crippen LogP contribution < -0.4 is 9.47 Å². The molecule has 2 nitrogen and oxygen atoms in total. The monoisotopic (exact) mass is 444 g/mol. The van der Waals surface area contributed by atoms with Gasteiger partial charge in [0.1, 0.15) is 11.5 Å². The molecule has 0 fully saturated rings. The summed E-state index contributed by atoms with van der Waals surface area (Å²) in [6.07, 6.45) is 0.